The molecule has 0 bridgehead atoms. The van der Waals surface area contributed by atoms with Gasteiger partial charge in [-0.3, -0.25) is 0 Å². The first-order valence-corrected chi connectivity index (χ1v) is 3.21. The van der Waals surface area contributed by atoms with Crippen LogP contribution in [0.5, 0.6) is 5.75 Å². The Balaban J connectivity index is 3.09. The molecule has 0 saturated carbocycles. The maximum absolute atomic E-state index is 5.66. The molecule has 0 atom stereocenters. The van der Waals surface area contributed by atoms with Gasteiger partial charge < -0.3 is 4.74 Å². The fourth-order valence-electron chi connectivity index (χ4n) is 0.685. The molecule has 1 nitrogen and oxygen atoms in total. The van der Waals surface area contributed by atoms with Crippen LogP contribution in [0.15, 0.2) is 18.2 Å². The van der Waals surface area contributed by atoms with Crippen LogP contribution >= 0.6 is 11.6 Å². The van der Waals surface area contributed by atoms with E-state index in [2.05, 4.69) is 0 Å². The molecule has 50 valence electrons. The zero-order valence-electron chi connectivity index (χ0n) is 5.60. The van der Waals surface area contributed by atoms with Gasteiger partial charge in [0, 0.05) is 5.02 Å². The molecule has 0 spiro atoms. The molecule has 0 aliphatic carbocycles. The molecule has 10 heavy (non-hydrogen) atoms. The Morgan fingerprint density at radius 2 is 2.20 bits per heavy atom. The van der Waals surface area contributed by atoms with Crippen molar-refractivity contribution in [1.82, 2.24) is 0 Å². The first kappa shape index (κ1) is 7.48. The predicted molar refractivity (Wildman–Crippen MR) is 43.4 cm³/mol. The van der Waals surface area contributed by atoms with Crippen LogP contribution in [0.1, 0.15) is 0 Å². The van der Waals surface area contributed by atoms with Crippen LogP contribution in [0.2, 0.25) is 5.02 Å². The number of halogens is 1. The van der Waals surface area contributed by atoms with Crippen molar-refractivity contribution in [1.29, 1.82) is 0 Å². The van der Waals surface area contributed by atoms with Crippen molar-refractivity contribution in [2.75, 3.05) is 7.11 Å². The lowest BCUT2D eigenvalue weighted by atomic mass is 9.95. The molecule has 0 aliphatic heterocycles. The van der Waals surface area contributed by atoms with Gasteiger partial charge in [-0.2, -0.15) is 0 Å². The number of hydrogen-bond donors (Lipinski definition) is 0. The van der Waals surface area contributed by atoms with Crippen molar-refractivity contribution in [3.05, 3.63) is 23.2 Å². The Hall–Kier alpha value is -0.625. The van der Waals surface area contributed by atoms with Gasteiger partial charge in [-0.1, -0.05) is 23.1 Å². The Morgan fingerprint density at radius 3 is 2.70 bits per heavy atom. The highest BCUT2D eigenvalue weighted by atomic mass is 35.5. The first-order valence-electron chi connectivity index (χ1n) is 2.83. The van der Waals surface area contributed by atoms with Gasteiger partial charge >= 0.3 is 0 Å². The topological polar surface area (TPSA) is 9.23 Å². The molecular weight excluding hydrogens is 146 g/mol. The van der Waals surface area contributed by atoms with E-state index in [1.807, 2.05) is 0 Å². The summed E-state index contributed by atoms with van der Waals surface area (Å²) in [5, 5.41) is 0.631. The van der Waals surface area contributed by atoms with Crippen LogP contribution in [0, 0.1) is 0 Å². The second-order valence-electron chi connectivity index (χ2n) is 1.89. The van der Waals surface area contributed by atoms with E-state index in [0.29, 0.717) is 16.2 Å². The summed E-state index contributed by atoms with van der Waals surface area (Å²) >= 11 is 5.66. The van der Waals surface area contributed by atoms with Crippen molar-refractivity contribution in [3.8, 4) is 5.75 Å². The van der Waals surface area contributed by atoms with E-state index >= 15 is 0 Å². The maximum Gasteiger partial charge on any atom is 0.119 e. The van der Waals surface area contributed by atoms with Gasteiger partial charge in [-0.25, -0.2) is 0 Å². The lowest BCUT2D eigenvalue weighted by molar-refractivity contribution is 0.418. The fraction of sp³-hybridized carbons (Fsp3) is 0.143. The van der Waals surface area contributed by atoms with Gasteiger partial charge in [0.2, 0.25) is 0 Å². The third-order valence-corrected chi connectivity index (χ3v) is 1.43. The minimum Gasteiger partial charge on any atom is -0.497 e. The average molecular weight is 152 g/mol. The highest BCUT2D eigenvalue weighted by Gasteiger charge is 1.95. The van der Waals surface area contributed by atoms with E-state index in [4.69, 9.17) is 24.2 Å². The zero-order valence-corrected chi connectivity index (χ0v) is 6.35. The lowest BCUT2D eigenvalue weighted by Gasteiger charge is -2.03. The fourth-order valence-corrected chi connectivity index (χ4v) is 0.847. The molecule has 0 heterocycles. The molecule has 0 N–H and O–H groups in total. The van der Waals surface area contributed by atoms with Crippen LogP contribution in [-0.2, 0) is 0 Å². The second kappa shape index (κ2) is 2.97. The van der Waals surface area contributed by atoms with Crippen LogP contribution < -0.4 is 10.2 Å². The highest BCUT2D eigenvalue weighted by Crippen LogP contribution is 2.13. The lowest BCUT2D eigenvalue weighted by Crippen LogP contribution is -2.05. The van der Waals surface area contributed by atoms with Crippen LogP contribution in [-0.4, -0.2) is 15.0 Å². The van der Waals surface area contributed by atoms with Crippen molar-refractivity contribution in [2.24, 2.45) is 0 Å². The van der Waals surface area contributed by atoms with Gasteiger partial charge in [0.25, 0.3) is 0 Å². The Kier molecular flexibility index (Phi) is 2.23. The summed E-state index contributed by atoms with van der Waals surface area (Å²) in [5.74, 6) is 0.618. The van der Waals surface area contributed by atoms with E-state index in [1.54, 1.807) is 25.3 Å². The van der Waals surface area contributed by atoms with E-state index < -0.39 is 0 Å². The molecule has 0 unspecified atom stereocenters. The predicted octanol–water partition coefficient (Wildman–Crippen LogP) is 1.14. The quantitative estimate of drug-likeness (QED) is 0.549. The van der Waals surface area contributed by atoms with E-state index in [9.17, 15) is 0 Å². The van der Waals surface area contributed by atoms with Gasteiger partial charge in [-0.15, -0.1) is 0 Å². The van der Waals surface area contributed by atoms with Gasteiger partial charge in [0.15, 0.2) is 0 Å². The van der Waals surface area contributed by atoms with Crippen molar-refractivity contribution in [3.63, 3.8) is 0 Å². The third-order valence-electron chi connectivity index (χ3n) is 1.20. The third kappa shape index (κ3) is 1.45. The SMILES string of the molecule is [B]c1ccc(Cl)cc1OC. The molecule has 0 aliphatic rings. The van der Waals surface area contributed by atoms with E-state index in [-0.39, 0.29) is 0 Å². The van der Waals surface area contributed by atoms with Gasteiger partial charge in [0.05, 0.1) is 7.11 Å². The summed E-state index contributed by atoms with van der Waals surface area (Å²) in [4.78, 5) is 0. The number of ether oxygens (including phenoxy) is 1. The number of benzene rings is 1. The average Bonchev–Trinajstić information content (AvgIpc) is 1.94. The van der Waals surface area contributed by atoms with Gasteiger partial charge in [-0.05, 0) is 12.1 Å². The monoisotopic (exact) mass is 152 g/mol. The highest BCUT2D eigenvalue weighted by molar-refractivity contribution is 6.36. The van der Waals surface area contributed by atoms with Crippen LogP contribution in [0.25, 0.3) is 0 Å². The molecular formula is C7H6BClO. The van der Waals surface area contributed by atoms with Crippen LogP contribution in [0.3, 0.4) is 0 Å². The molecule has 0 saturated heterocycles. The number of rotatable bonds is 1. The molecule has 3 heteroatoms. The largest absolute Gasteiger partial charge is 0.497 e. The normalized spacial score (nSPS) is 9.40. The summed E-state index contributed by atoms with van der Waals surface area (Å²) in [5.41, 5.74) is 0.604. The summed E-state index contributed by atoms with van der Waals surface area (Å²) in [7, 11) is 7.07. The van der Waals surface area contributed by atoms with Crippen molar-refractivity contribution >= 4 is 24.9 Å². The summed E-state index contributed by atoms with van der Waals surface area (Å²) < 4.78 is 4.92. The maximum atomic E-state index is 5.66. The minimum absolute atomic E-state index is 0.604. The number of methoxy groups -OCH3 is 1. The standard InChI is InChI=1S/C7H6BClO/c1-10-7-4-5(9)2-3-6(7)8/h2-4H,1H3. The second-order valence-corrected chi connectivity index (χ2v) is 2.32. The smallest absolute Gasteiger partial charge is 0.119 e. The van der Waals surface area contributed by atoms with Crippen LogP contribution in [0.4, 0.5) is 0 Å². The molecule has 1 aromatic rings. The molecule has 0 fully saturated rings. The van der Waals surface area contributed by atoms with E-state index in [1.165, 1.54) is 0 Å². The summed E-state index contributed by atoms with van der Waals surface area (Å²) in [6.07, 6.45) is 0. The summed E-state index contributed by atoms with van der Waals surface area (Å²) in [6.45, 7) is 0. The molecule has 0 aromatic heterocycles. The molecule has 1 aromatic carbocycles. The Bertz CT molecular complexity index is 237. The molecule has 0 amide bonds. The summed E-state index contributed by atoms with van der Waals surface area (Å²) in [6, 6.07) is 5.11. The van der Waals surface area contributed by atoms with Crippen molar-refractivity contribution < 1.29 is 4.74 Å². The minimum atomic E-state index is 0.604. The molecule has 2 radical (unpaired) electrons. The Labute approximate surface area is 66.4 Å². The zero-order chi connectivity index (χ0) is 7.56. The van der Waals surface area contributed by atoms with E-state index in [0.717, 1.165) is 0 Å². The van der Waals surface area contributed by atoms with Gasteiger partial charge in [0.1, 0.15) is 13.6 Å². The van der Waals surface area contributed by atoms with Crippen molar-refractivity contribution in [2.45, 2.75) is 0 Å². The molecule has 1 rings (SSSR count). The first-order chi connectivity index (χ1) is 4.74. The number of hydrogen-bond acceptors (Lipinski definition) is 1. The Morgan fingerprint density at radius 1 is 1.50 bits per heavy atom.